The zero-order valence-electron chi connectivity index (χ0n) is 20.1. The minimum atomic E-state index is -0.892. The van der Waals surface area contributed by atoms with Gasteiger partial charge in [0.15, 0.2) is 0 Å². The molecule has 1 aromatic carbocycles. The number of ether oxygens (including phenoxy) is 2. The Morgan fingerprint density at radius 2 is 1.76 bits per heavy atom. The second-order valence-electron chi connectivity index (χ2n) is 9.10. The first kappa shape index (κ1) is 26.2. The number of carbonyl (C=O) groups is 4. The smallest absolute Gasteiger partial charge is 0.408 e. The van der Waals surface area contributed by atoms with Crippen LogP contribution in [-0.2, 0) is 23.9 Å². The highest BCUT2D eigenvalue weighted by Crippen LogP contribution is 2.40. The number of nitrogens with one attached hydrogen (secondary N) is 2. The Kier molecular flexibility index (Phi) is 9.25. The quantitative estimate of drug-likeness (QED) is 0.518. The van der Waals surface area contributed by atoms with Gasteiger partial charge in [-0.1, -0.05) is 37.3 Å². The predicted molar refractivity (Wildman–Crippen MR) is 122 cm³/mol. The van der Waals surface area contributed by atoms with Crippen LogP contribution in [0.2, 0.25) is 0 Å². The van der Waals surface area contributed by atoms with Crippen molar-refractivity contribution < 1.29 is 28.7 Å². The average molecular weight is 462 g/mol. The summed E-state index contributed by atoms with van der Waals surface area (Å²) in [6.45, 7) is 9.00. The molecular weight excluding hydrogens is 426 g/mol. The Morgan fingerprint density at radius 1 is 1.12 bits per heavy atom. The zero-order valence-corrected chi connectivity index (χ0v) is 20.1. The summed E-state index contributed by atoms with van der Waals surface area (Å²) in [5.41, 5.74) is -0.0423. The highest BCUT2D eigenvalue weighted by atomic mass is 16.6. The van der Waals surface area contributed by atoms with Crippen molar-refractivity contribution >= 4 is 23.9 Å². The molecule has 0 spiro atoms. The van der Waals surface area contributed by atoms with E-state index in [4.69, 9.17) is 9.47 Å². The summed E-state index contributed by atoms with van der Waals surface area (Å²) in [6.07, 6.45) is 0.0990. The number of alkyl carbamates (subject to hydrolysis) is 1. The normalized spacial score (nSPS) is 18.0. The summed E-state index contributed by atoms with van der Waals surface area (Å²) < 4.78 is 10.1. The molecule has 1 aliphatic carbocycles. The standard InChI is InChI=1S/C24H35N3O6/c1-6-32-20(29)12-13-25-22(30)21(17-10-8-7-9-11-17)27(18-14-16(18)2)19(28)15-26-23(31)33-24(3,4)5/h7-11,16,18,21H,6,12-15H2,1-5H3,(H,25,30)(H,26,31). The van der Waals surface area contributed by atoms with Crippen molar-refractivity contribution in [2.24, 2.45) is 5.92 Å². The van der Waals surface area contributed by atoms with Crippen molar-refractivity contribution in [1.82, 2.24) is 15.5 Å². The van der Waals surface area contributed by atoms with Gasteiger partial charge in [0.2, 0.25) is 11.8 Å². The third kappa shape index (κ3) is 8.40. The summed E-state index contributed by atoms with van der Waals surface area (Å²) in [4.78, 5) is 51.7. The molecule has 2 N–H and O–H groups in total. The summed E-state index contributed by atoms with van der Waals surface area (Å²) >= 11 is 0. The minimum Gasteiger partial charge on any atom is -0.466 e. The molecule has 33 heavy (non-hydrogen) atoms. The second kappa shape index (κ2) is 11.7. The van der Waals surface area contributed by atoms with Gasteiger partial charge in [-0.2, -0.15) is 0 Å². The fraction of sp³-hybridized carbons (Fsp3) is 0.583. The molecule has 1 aromatic rings. The Morgan fingerprint density at radius 3 is 2.30 bits per heavy atom. The van der Waals surface area contributed by atoms with Crippen LogP contribution in [0.15, 0.2) is 30.3 Å². The van der Waals surface area contributed by atoms with Gasteiger partial charge in [-0.05, 0) is 45.6 Å². The van der Waals surface area contributed by atoms with Crippen molar-refractivity contribution in [3.63, 3.8) is 0 Å². The molecule has 0 saturated heterocycles. The summed E-state index contributed by atoms with van der Waals surface area (Å²) in [5, 5.41) is 5.24. The van der Waals surface area contributed by atoms with Crippen LogP contribution in [0.3, 0.4) is 0 Å². The van der Waals surface area contributed by atoms with Crippen LogP contribution in [0.5, 0.6) is 0 Å². The van der Waals surface area contributed by atoms with Crippen molar-refractivity contribution in [2.75, 3.05) is 19.7 Å². The summed E-state index contributed by atoms with van der Waals surface area (Å²) in [5.74, 6) is -0.951. The lowest BCUT2D eigenvalue weighted by Gasteiger charge is -2.32. The number of carbonyl (C=O) groups excluding carboxylic acids is 4. The molecule has 3 amide bonds. The molecule has 3 atom stereocenters. The van der Waals surface area contributed by atoms with Crippen LogP contribution in [-0.4, -0.2) is 60.1 Å². The van der Waals surface area contributed by atoms with Crippen molar-refractivity contribution in [1.29, 1.82) is 0 Å². The van der Waals surface area contributed by atoms with E-state index in [1.165, 1.54) is 4.90 Å². The number of amides is 3. The van der Waals surface area contributed by atoms with Crippen LogP contribution in [0, 0.1) is 5.92 Å². The first-order valence-corrected chi connectivity index (χ1v) is 11.3. The van der Waals surface area contributed by atoms with Crippen LogP contribution in [0.4, 0.5) is 4.79 Å². The molecule has 9 nitrogen and oxygen atoms in total. The Hall–Kier alpha value is -3.10. The monoisotopic (exact) mass is 461 g/mol. The van der Waals surface area contributed by atoms with E-state index in [0.717, 1.165) is 6.42 Å². The largest absolute Gasteiger partial charge is 0.466 e. The topological polar surface area (TPSA) is 114 Å². The number of nitrogens with zero attached hydrogens (tertiary/aromatic N) is 1. The molecule has 1 fully saturated rings. The zero-order chi connectivity index (χ0) is 24.6. The molecule has 0 radical (unpaired) electrons. The number of benzene rings is 1. The number of hydrogen-bond acceptors (Lipinski definition) is 6. The first-order chi connectivity index (χ1) is 15.5. The maximum atomic E-state index is 13.2. The lowest BCUT2D eigenvalue weighted by atomic mass is 10.0. The lowest BCUT2D eigenvalue weighted by molar-refractivity contribution is -0.144. The van der Waals surface area contributed by atoms with E-state index in [1.54, 1.807) is 52.0 Å². The van der Waals surface area contributed by atoms with Crippen LogP contribution in [0.1, 0.15) is 59.1 Å². The van der Waals surface area contributed by atoms with Crippen LogP contribution in [0.25, 0.3) is 0 Å². The van der Waals surface area contributed by atoms with E-state index in [9.17, 15) is 19.2 Å². The average Bonchev–Trinajstić information content (AvgIpc) is 3.45. The Labute approximate surface area is 195 Å². The molecule has 0 heterocycles. The molecule has 3 unspecified atom stereocenters. The number of hydrogen-bond donors (Lipinski definition) is 2. The molecule has 0 aromatic heterocycles. The van der Waals surface area contributed by atoms with E-state index in [2.05, 4.69) is 10.6 Å². The van der Waals surface area contributed by atoms with Crippen LogP contribution < -0.4 is 10.6 Å². The highest BCUT2D eigenvalue weighted by Gasteiger charge is 2.46. The third-order valence-corrected chi connectivity index (χ3v) is 5.07. The highest BCUT2D eigenvalue weighted by molar-refractivity contribution is 5.91. The Bertz CT molecular complexity index is 836. The molecule has 182 valence electrons. The predicted octanol–water partition coefficient (Wildman–Crippen LogP) is 2.56. The van der Waals surface area contributed by atoms with Gasteiger partial charge in [0.1, 0.15) is 18.2 Å². The second-order valence-corrected chi connectivity index (χ2v) is 9.10. The maximum Gasteiger partial charge on any atom is 0.408 e. The van der Waals surface area contributed by atoms with E-state index in [1.807, 2.05) is 13.0 Å². The molecule has 0 bridgehead atoms. The third-order valence-electron chi connectivity index (χ3n) is 5.07. The first-order valence-electron chi connectivity index (χ1n) is 11.3. The summed E-state index contributed by atoms with van der Waals surface area (Å²) in [7, 11) is 0. The van der Waals surface area contributed by atoms with Crippen molar-refractivity contribution in [3.8, 4) is 0 Å². The lowest BCUT2D eigenvalue weighted by Crippen LogP contribution is -2.49. The maximum absolute atomic E-state index is 13.2. The van der Waals surface area contributed by atoms with Gasteiger partial charge in [0, 0.05) is 12.6 Å². The van der Waals surface area contributed by atoms with Gasteiger partial charge in [-0.25, -0.2) is 4.79 Å². The number of rotatable bonds is 10. The number of esters is 1. The SMILES string of the molecule is CCOC(=O)CCNC(=O)C(c1ccccc1)N(C(=O)CNC(=O)OC(C)(C)C)C1CC1C. The van der Waals surface area contributed by atoms with Gasteiger partial charge < -0.3 is 25.0 Å². The van der Waals surface area contributed by atoms with E-state index >= 15 is 0 Å². The molecular formula is C24H35N3O6. The molecule has 1 aliphatic rings. The van der Waals surface area contributed by atoms with E-state index in [0.29, 0.717) is 5.56 Å². The Balaban J connectivity index is 2.17. The minimum absolute atomic E-state index is 0.0368. The van der Waals surface area contributed by atoms with Gasteiger partial charge in [0.25, 0.3) is 0 Å². The van der Waals surface area contributed by atoms with Crippen molar-refractivity contribution in [3.05, 3.63) is 35.9 Å². The molecule has 1 saturated carbocycles. The van der Waals surface area contributed by atoms with E-state index in [-0.39, 0.29) is 44.0 Å². The fourth-order valence-electron chi connectivity index (χ4n) is 3.45. The molecule has 0 aliphatic heterocycles. The molecule has 2 rings (SSSR count). The van der Waals surface area contributed by atoms with Gasteiger partial charge >= 0.3 is 12.1 Å². The fourth-order valence-corrected chi connectivity index (χ4v) is 3.45. The van der Waals surface area contributed by atoms with Gasteiger partial charge in [0.05, 0.1) is 13.0 Å². The van der Waals surface area contributed by atoms with Gasteiger partial charge in [-0.3, -0.25) is 14.4 Å². The van der Waals surface area contributed by atoms with E-state index < -0.39 is 29.6 Å². The summed E-state index contributed by atoms with van der Waals surface area (Å²) in [6, 6.07) is 7.97. The van der Waals surface area contributed by atoms with Gasteiger partial charge in [-0.15, -0.1) is 0 Å². The molecule has 9 heteroatoms. The van der Waals surface area contributed by atoms with Crippen LogP contribution >= 0.6 is 0 Å². The van der Waals surface area contributed by atoms with Crippen molar-refractivity contribution in [2.45, 2.75) is 65.1 Å².